The van der Waals surface area contributed by atoms with Crippen LogP contribution < -0.4 is 15.4 Å². The van der Waals surface area contributed by atoms with Crippen molar-refractivity contribution in [3.05, 3.63) is 90.1 Å². The molecule has 0 atom stereocenters. The number of rotatable bonds is 8. The third-order valence-electron chi connectivity index (χ3n) is 5.28. The van der Waals surface area contributed by atoms with Gasteiger partial charge in [-0.3, -0.25) is 9.59 Å². The Balaban J connectivity index is 1.67. The minimum atomic E-state index is -0.332. The van der Waals surface area contributed by atoms with E-state index in [1.54, 1.807) is 42.3 Å². The number of carbonyl (C=O) groups is 2. The van der Waals surface area contributed by atoms with E-state index >= 15 is 0 Å². The molecule has 35 heavy (non-hydrogen) atoms. The highest BCUT2D eigenvalue weighted by Gasteiger charge is 2.19. The van der Waals surface area contributed by atoms with Crippen molar-refractivity contribution in [2.75, 3.05) is 31.5 Å². The smallest absolute Gasteiger partial charge is 0.259 e. The molecule has 2 N–H and O–H groups in total. The number of ether oxygens (including phenoxy) is 2. The average Bonchev–Trinajstić information content (AvgIpc) is 3.31. The molecule has 1 aromatic heterocycles. The number of anilines is 2. The highest BCUT2D eigenvalue weighted by atomic mass is 16.5. The lowest BCUT2D eigenvalue weighted by molar-refractivity contribution is -0.119. The largest absolute Gasteiger partial charge is 0.497 e. The Bertz CT molecular complexity index is 1350. The fourth-order valence-corrected chi connectivity index (χ4v) is 3.55. The number of methoxy groups -OCH3 is 2. The molecule has 0 saturated carbocycles. The number of aryl methyl sites for hydroxylation is 1. The van der Waals surface area contributed by atoms with Crippen LogP contribution in [-0.2, 0) is 9.53 Å². The number of carbonyl (C=O) groups excluding carboxylic acids is 2. The summed E-state index contributed by atoms with van der Waals surface area (Å²) in [6.07, 6.45) is 1.71. The van der Waals surface area contributed by atoms with E-state index < -0.39 is 0 Å². The summed E-state index contributed by atoms with van der Waals surface area (Å²) in [5.41, 5.74) is 4.71. The zero-order valence-corrected chi connectivity index (χ0v) is 19.7. The summed E-state index contributed by atoms with van der Waals surface area (Å²) < 4.78 is 11.9. The summed E-state index contributed by atoms with van der Waals surface area (Å²) >= 11 is 0. The Kier molecular flexibility index (Phi) is 7.23. The summed E-state index contributed by atoms with van der Waals surface area (Å²) in [6, 6.07) is 22.2. The van der Waals surface area contributed by atoms with Crippen molar-refractivity contribution in [1.82, 2.24) is 9.78 Å². The van der Waals surface area contributed by atoms with Crippen molar-refractivity contribution in [3.8, 4) is 22.7 Å². The molecule has 8 nitrogen and oxygen atoms in total. The van der Waals surface area contributed by atoms with Crippen LogP contribution >= 0.6 is 0 Å². The highest BCUT2D eigenvalue weighted by molar-refractivity contribution is 6.08. The van der Waals surface area contributed by atoms with Crippen molar-refractivity contribution in [2.24, 2.45) is 0 Å². The molecule has 0 unspecified atom stereocenters. The molecule has 0 fully saturated rings. The van der Waals surface area contributed by atoms with Gasteiger partial charge in [-0.05, 0) is 49.4 Å². The normalized spacial score (nSPS) is 10.6. The maximum atomic E-state index is 13.4. The maximum absolute atomic E-state index is 13.4. The predicted molar refractivity (Wildman–Crippen MR) is 135 cm³/mol. The minimum absolute atomic E-state index is 0.0569. The summed E-state index contributed by atoms with van der Waals surface area (Å²) in [4.78, 5) is 25.2. The van der Waals surface area contributed by atoms with Crippen molar-refractivity contribution in [1.29, 1.82) is 0 Å². The molecule has 178 valence electrons. The number of hydrogen-bond donors (Lipinski definition) is 2. The van der Waals surface area contributed by atoms with E-state index in [1.165, 1.54) is 7.11 Å². The van der Waals surface area contributed by atoms with E-state index in [9.17, 15) is 9.59 Å². The Morgan fingerprint density at radius 3 is 2.34 bits per heavy atom. The van der Waals surface area contributed by atoms with Gasteiger partial charge in [-0.2, -0.15) is 5.10 Å². The van der Waals surface area contributed by atoms with Gasteiger partial charge < -0.3 is 20.1 Å². The molecule has 3 aromatic carbocycles. The SMILES string of the molecule is COCC(=O)Nc1cccc(NC(=O)c2cn(-c3ccc(C)cc3)nc2-c2cccc(OC)c2)c1. The lowest BCUT2D eigenvalue weighted by atomic mass is 10.1. The van der Waals surface area contributed by atoms with Gasteiger partial charge in [0.05, 0.1) is 18.4 Å². The Morgan fingerprint density at radius 2 is 1.63 bits per heavy atom. The monoisotopic (exact) mass is 470 g/mol. The molecule has 0 spiro atoms. The van der Waals surface area contributed by atoms with Gasteiger partial charge in [0, 0.05) is 30.2 Å². The van der Waals surface area contributed by atoms with Crippen LogP contribution in [0.5, 0.6) is 5.75 Å². The number of aromatic nitrogens is 2. The molecule has 0 radical (unpaired) electrons. The minimum Gasteiger partial charge on any atom is -0.497 e. The molecule has 8 heteroatoms. The predicted octanol–water partition coefficient (Wildman–Crippen LogP) is 4.69. The van der Waals surface area contributed by atoms with Crippen LogP contribution in [0.4, 0.5) is 11.4 Å². The topological polar surface area (TPSA) is 94.5 Å². The number of nitrogens with one attached hydrogen (secondary N) is 2. The molecule has 4 aromatic rings. The zero-order chi connectivity index (χ0) is 24.8. The van der Waals surface area contributed by atoms with Crippen LogP contribution in [0.15, 0.2) is 79.0 Å². The quantitative estimate of drug-likeness (QED) is 0.390. The van der Waals surface area contributed by atoms with Crippen molar-refractivity contribution < 1.29 is 19.1 Å². The number of nitrogens with zero attached hydrogens (tertiary/aromatic N) is 2. The average molecular weight is 471 g/mol. The van der Waals surface area contributed by atoms with E-state index in [4.69, 9.17) is 14.6 Å². The van der Waals surface area contributed by atoms with E-state index in [1.807, 2.05) is 55.5 Å². The van der Waals surface area contributed by atoms with Gasteiger partial charge in [-0.1, -0.05) is 35.9 Å². The standard InChI is InChI=1S/C27H26N4O4/c1-18-10-12-22(13-11-18)31-16-24(26(30-31)19-6-4-9-23(14-19)35-3)27(33)29-21-8-5-7-20(15-21)28-25(32)17-34-2/h4-16H,17H2,1-3H3,(H,28,32)(H,29,33). The first kappa shape index (κ1) is 23.7. The maximum Gasteiger partial charge on any atom is 0.259 e. The van der Waals surface area contributed by atoms with E-state index in [0.29, 0.717) is 28.4 Å². The molecule has 4 rings (SSSR count). The second kappa shape index (κ2) is 10.7. The van der Waals surface area contributed by atoms with Crippen LogP contribution in [0.25, 0.3) is 16.9 Å². The van der Waals surface area contributed by atoms with Crippen molar-refractivity contribution in [3.63, 3.8) is 0 Å². The Labute approximate surface area is 203 Å². The molecule has 1 heterocycles. The van der Waals surface area contributed by atoms with Crippen LogP contribution in [0, 0.1) is 6.92 Å². The van der Waals surface area contributed by atoms with Crippen molar-refractivity contribution >= 4 is 23.2 Å². The van der Waals surface area contributed by atoms with Gasteiger partial charge in [0.2, 0.25) is 5.91 Å². The third-order valence-corrected chi connectivity index (χ3v) is 5.28. The van der Waals surface area contributed by atoms with Crippen LogP contribution in [-0.4, -0.2) is 42.4 Å². The van der Waals surface area contributed by atoms with Crippen LogP contribution in [0.3, 0.4) is 0 Å². The molecule has 0 bridgehead atoms. The molecular formula is C27H26N4O4. The summed E-state index contributed by atoms with van der Waals surface area (Å²) in [7, 11) is 3.04. The van der Waals surface area contributed by atoms with Gasteiger partial charge >= 0.3 is 0 Å². The van der Waals surface area contributed by atoms with Crippen LogP contribution in [0.2, 0.25) is 0 Å². The molecule has 0 aliphatic rings. The fourth-order valence-electron chi connectivity index (χ4n) is 3.55. The molecule has 2 amide bonds. The number of hydrogen-bond acceptors (Lipinski definition) is 5. The summed E-state index contributed by atoms with van der Waals surface area (Å²) in [5, 5.41) is 10.4. The van der Waals surface area contributed by atoms with Crippen molar-refractivity contribution in [2.45, 2.75) is 6.92 Å². The zero-order valence-electron chi connectivity index (χ0n) is 19.7. The molecule has 0 aliphatic heterocycles. The van der Waals surface area contributed by atoms with Gasteiger partial charge in [-0.25, -0.2) is 4.68 Å². The van der Waals surface area contributed by atoms with Gasteiger partial charge in [0.15, 0.2) is 0 Å². The lowest BCUT2D eigenvalue weighted by Crippen LogP contribution is -2.17. The second-order valence-corrected chi connectivity index (χ2v) is 7.92. The van der Waals surface area contributed by atoms with Gasteiger partial charge in [0.1, 0.15) is 18.1 Å². The third kappa shape index (κ3) is 5.74. The van der Waals surface area contributed by atoms with Gasteiger partial charge in [-0.15, -0.1) is 0 Å². The van der Waals surface area contributed by atoms with Crippen LogP contribution in [0.1, 0.15) is 15.9 Å². The molecular weight excluding hydrogens is 444 g/mol. The second-order valence-electron chi connectivity index (χ2n) is 7.92. The number of benzene rings is 3. The van der Waals surface area contributed by atoms with E-state index in [2.05, 4.69) is 10.6 Å². The highest BCUT2D eigenvalue weighted by Crippen LogP contribution is 2.28. The number of amides is 2. The molecule has 0 saturated heterocycles. The van der Waals surface area contributed by atoms with E-state index in [-0.39, 0.29) is 18.4 Å². The first-order valence-corrected chi connectivity index (χ1v) is 11.0. The first-order chi connectivity index (χ1) is 17.0. The Morgan fingerprint density at radius 1 is 0.914 bits per heavy atom. The first-order valence-electron chi connectivity index (χ1n) is 11.0. The summed E-state index contributed by atoms with van der Waals surface area (Å²) in [5.74, 6) is 0.0513. The lowest BCUT2D eigenvalue weighted by Gasteiger charge is -2.09. The fraction of sp³-hybridized carbons (Fsp3) is 0.148. The summed E-state index contributed by atoms with van der Waals surface area (Å²) in [6.45, 7) is 1.96. The molecule has 0 aliphatic carbocycles. The van der Waals surface area contributed by atoms with E-state index in [0.717, 1.165) is 16.8 Å². The van der Waals surface area contributed by atoms with Gasteiger partial charge in [0.25, 0.3) is 5.91 Å². The Hall–Kier alpha value is -4.43.